The maximum atomic E-state index is 13.1. The Morgan fingerprint density at radius 1 is 1.08 bits per heavy atom. The number of hydrogen-bond donors (Lipinski definition) is 2. The van der Waals surface area contributed by atoms with Crippen LogP contribution >= 0.6 is 11.3 Å². The maximum Gasteiger partial charge on any atom is 0.410 e. The highest BCUT2D eigenvalue weighted by Crippen LogP contribution is 2.36. The summed E-state index contributed by atoms with van der Waals surface area (Å²) in [6.45, 7) is 9.36. The minimum atomic E-state index is -0.482. The third kappa shape index (κ3) is 5.04. The fourth-order valence-corrected chi connectivity index (χ4v) is 7.34. The van der Waals surface area contributed by atoms with Gasteiger partial charge in [-0.2, -0.15) is 0 Å². The summed E-state index contributed by atoms with van der Waals surface area (Å²) in [6.07, 6.45) is 4.47. The van der Waals surface area contributed by atoms with E-state index in [1.54, 1.807) is 0 Å². The number of piperazine rings is 1. The summed E-state index contributed by atoms with van der Waals surface area (Å²) in [6, 6.07) is 11.0. The second-order valence-electron chi connectivity index (χ2n) is 12.2. The lowest BCUT2D eigenvalue weighted by atomic mass is 9.87. The van der Waals surface area contributed by atoms with Crippen LogP contribution in [0.25, 0.3) is 10.2 Å². The van der Waals surface area contributed by atoms with Gasteiger partial charge in [0.25, 0.3) is 5.91 Å². The Hall–Kier alpha value is -3.33. The Labute approximate surface area is 233 Å². The van der Waals surface area contributed by atoms with E-state index in [9.17, 15) is 9.59 Å². The predicted octanol–water partition coefficient (Wildman–Crippen LogP) is 5.06. The molecule has 2 fully saturated rings. The molecule has 0 unspecified atom stereocenters. The molecule has 4 heterocycles. The van der Waals surface area contributed by atoms with Gasteiger partial charge in [-0.25, -0.2) is 9.78 Å². The van der Waals surface area contributed by atoms with E-state index in [2.05, 4.69) is 33.4 Å². The van der Waals surface area contributed by atoms with Crippen molar-refractivity contribution in [2.24, 2.45) is 0 Å². The van der Waals surface area contributed by atoms with Crippen LogP contribution in [0.15, 0.2) is 30.3 Å². The number of nitrogens with two attached hydrogens (primary N) is 1. The van der Waals surface area contributed by atoms with E-state index in [-0.39, 0.29) is 30.1 Å². The number of thiophene rings is 1. The number of benzene rings is 1. The Balaban J connectivity index is 1.11. The first-order chi connectivity index (χ1) is 18.6. The third-order valence-corrected chi connectivity index (χ3v) is 9.26. The normalized spacial score (nSPS) is 22.6. The van der Waals surface area contributed by atoms with Crippen LogP contribution in [0.2, 0.25) is 0 Å². The summed E-state index contributed by atoms with van der Waals surface area (Å²) in [7, 11) is 0. The standard InChI is InChI=1S/C30H37N5O3S/c1-17-5-12-24-25(31)26(39-28(24)32-17)27(36)33-20-8-6-19-14-21(9-7-18(19)13-20)34-15-22-10-11-23(16-34)35(22)29(37)38-30(2,3)4/h5,7,9,12,14,20,22-23H,6,8,10-11,13,15-16,31H2,1-4H3,(H,33,36)/t20-,22-,23+/m0/s1. The largest absolute Gasteiger partial charge is 0.444 e. The molecule has 8 nitrogen and oxygen atoms in total. The molecule has 9 heteroatoms. The van der Waals surface area contributed by atoms with Crippen molar-refractivity contribution in [3.05, 3.63) is 52.0 Å². The number of rotatable bonds is 3. The minimum absolute atomic E-state index is 0.0726. The molecule has 206 valence electrons. The van der Waals surface area contributed by atoms with Crippen LogP contribution in [-0.2, 0) is 17.6 Å². The number of carbonyl (C=O) groups excluding carboxylic acids is 2. The van der Waals surface area contributed by atoms with Crippen molar-refractivity contribution in [3.63, 3.8) is 0 Å². The SMILES string of the molecule is Cc1ccc2c(N)c(C(=O)N[C@H]3CCc4cc(N5C[C@H]6CC[C@@H](C5)N6C(=O)OC(C)(C)C)ccc4C3)sc2n1. The average molecular weight is 548 g/mol. The summed E-state index contributed by atoms with van der Waals surface area (Å²) in [4.78, 5) is 36.2. The van der Waals surface area contributed by atoms with Crippen LogP contribution in [0.3, 0.4) is 0 Å². The summed E-state index contributed by atoms with van der Waals surface area (Å²) in [5, 5.41) is 4.07. The van der Waals surface area contributed by atoms with Crippen molar-refractivity contribution in [2.45, 2.75) is 83.5 Å². The summed E-state index contributed by atoms with van der Waals surface area (Å²) < 4.78 is 5.69. The van der Waals surface area contributed by atoms with Gasteiger partial charge in [-0.15, -0.1) is 11.3 Å². The molecule has 6 rings (SSSR count). The quantitative estimate of drug-likeness (QED) is 0.475. The van der Waals surface area contributed by atoms with Gasteiger partial charge in [-0.3, -0.25) is 9.69 Å². The molecule has 39 heavy (non-hydrogen) atoms. The molecular weight excluding hydrogens is 510 g/mol. The number of carbonyl (C=O) groups is 2. The van der Waals surface area contributed by atoms with E-state index in [1.807, 2.05) is 44.7 Å². The molecule has 2 amide bonds. The third-order valence-electron chi connectivity index (χ3n) is 8.14. The van der Waals surface area contributed by atoms with Gasteiger partial charge < -0.3 is 20.7 Å². The van der Waals surface area contributed by atoms with Gasteiger partial charge >= 0.3 is 6.09 Å². The molecule has 2 aromatic heterocycles. The van der Waals surface area contributed by atoms with Crippen molar-refractivity contribution in [2.75, 3.05) is 23.7 Å². The van der Waals surface area contributed by atoms with Crippen LogP contribution in [0.5, 0.6) is 0 Å². The highest BCUT2D eigenvalue weighted by atomic mass is 32.1. The van der Waals surface area contributed by atoms with Gasteiger partial charge in [0, 0.05) is 35.9 Å². The average Bonchev–Trinajstić information content (AvgIpc) is 3.34. The number of nitrogens with zero attached hydrogens (tertiary/aromatic N) is 3. The molecule has 3 aromatic rings. The number of amides is 2. The van der Waals surface area contributed by atoms with Crippen molar-refractivity contribution in [3.8, 4) is 0 Å². The Kier molecular flexibility index (Phi) is 6.44. The van der Waals surface area contributed by atoms with Crippen molar-refractivity contribution in [1.82, 2.24) is 15.2 Å². The lowest BCUT2D eigenvalue weighted by Crippen LogP contribution is -2.56. The fourth-order valence-electron chi connectivity index (χ4n) is 6.30. The fraction of sp³-hybridized carbons (Fsp3) is 0.500. The molecule has 2 aliphatic heterocycles. The molecule has 1 aromatic carbocycles. The van der Waals surface area contributed by atoms with E-state index < -0.39 is 5.60 Å². The van der Waals surface area contributed by atoms with Gasteiger partial charge in [0.1, 0.15) is 15.3 Å². The summed E-state index contributed by atoms with van der Waals surface area (Å²) >= 11 is 1.36. The number of ether oxygens (including phenoxy) is 1. The van der Waals surface area contributed by atoms with E-state index in [4.69, 9.17) is 10.5 Å². The predicted molar refractivity (Wildman–Crippen MR) is 156 cm³/mol. The van der Waals surface area contributed by atoms with E-state index in [0.717, 1.165) is 61.1 Å². The zero-order chi connectivity index (χ0) is 27.5. The zero-order valence-electron chi connectivity index (χ0n) is 23.1. The van der Waals surface area contributed by atoms with E-state index in [0.29, 0.717) is 10.6 Å². The van der Waals surface area contributed by atoms with Crippen LogP contribution in [0.4, 0.5) is 16.2 Å². The lowest BCUT2D eigenvalue weighted by Gasteiger charge is -2.42. The number of hydrogen-bond acceptors (Lipinski definition) is 7. The first-order valence-electron chi connectivity index (χ1n) is 13.9. The molecule has 2 bridgehead atoms. The topological polar surface area (TPSA) is 101 Å². The maximum absolute atomic E-state index is 13.1. The highest BCUT2D eigenvalue weighted by Gasteiger charge is 2.44. The number of fused-ring (bicyclic) bond motifs is 4. The Morgan fingerprint density at radius 3 is 2.54 bits per heavy atom. The monoisotopic (exact) mass is 547 g/mol. The number of nitrogen functional groups attached to an aromatic ring is 1. The summed E-state index contributed by atoms with van der Waals surface area (Å²) in [5.74, 6) is -0.114. The van der Waals surface area contributed by atoms with Crippen LogP contribution in [0.1, 0.15) is 66.5 Å². The number of aromatic nitrogens is 1. The molecule has 2 saturated heterocycles. The van der Waals surface area contributed by atoms with Crippen LogP contribution < -0.4 is 16.0 Å². The molecule has 3 N–H and O–H groups in total. The second kappa shape index (κ2) is 9.70. The molecule has 1 aliphatic carbocycles. The van der Waals surface area contributed by atoms with Crippen LogP contribution in [-0.4, -0.2) is 58.7 Å². The second-order valence-corrected chi connectivity index (χ2v) is 13.2. The molecular formula is C30H37N5O3S. The van der Waals surface area contributed by atoms with Crippen molar-refractivity contribution in [1.29, 1.82) is 0 Å². The van der Waals surface area contributed by atoms with Crippen molar-refractivity contribution < 1.29 is 14.3 Å². The van der Waals surface area contributed by atoms with Crippen LogP contribution in [0, 0.1) is 6.92 Å². The summed E-state index contributed by atoms with van der Waals surface area (Å²) in [5.41, 5.74) is 11.1. The molecule has 0 radical (unpaired) electrons. The van der Waals surface area contributed by atoms with Gasteiger partial charge in [0.2, 0.25) is 0 Å². The number of pyridine rings is 1. The Bertz CT molecular complexity index is 1430. The minimum Gasteiger partial charge on any atom is -0.444 e. The Morgan fingerprint density at radius 2 is 1.82 bits per heavy atom. The van der Waals surface area contributed by atoms with Gasteiger partial charge in [0.15, 0.2) is 0 Å². The molecule has 0 spiro atoms. The lowest BCUT2D eigenvalue weighted by molar-refractivity contribution is 0.0123. The number of aryl methyl sites for hydroxylation is 2. The van der Waals surface area contributed by atoms with E-state index in [1.165, 1.54) is 28.2 Å². The van der Waals surface area contributed by atoms with E-state index >= 15 is 0 Å². The zero-order valence-corrected chi connectivity index (χ0v) is 23.9. The highest BCUT2D eigenvalue weighted by molar-refractivity contribution is 7.21. The molecule has 3 aliphatic rings. The van der Waals surface area contributed by atoms with Gasteiger partial charge in [-0.05, 0) is 95.2 Å². The number of anilines is 2. The smallest absolute Gasteiger partial charge is 0.410 e. The van der Waals surface area contributed by atoms with Gasteiger partial charge in [-0.1, -0.05) is 6.07 Å². The first kappa shape index (κ1) is 25.9. The first-order valence-corrected chi connectivity index (χ1v) is 14.7. The number of nitrogens with one attached hydrogen (secondary N) is 1. The molecule has 0 saturated carbocycles. The van der Waals surface area contributed by atoms with Gasteiger partial charge in [0.05, 0.1) is 17.8 Å². The van der Waals surface area contributed by atoms with Crippen molar-refractivity contribution >= 4 is 44.9 Å². The molecule has 3 atom stereocenters.